The van der Waals surface area contributed by atoms with Crippen molar-refractivity contribution in [2.45, 2.75) is 140 Å². The lowest BCUT2D eigenvalue weighted by molar-refractivity contribution is -0.385. The molecule has 2 atom stereocenters. The smallest absolute Gasteiger partial charge is 0.204 e. The highest BCUT2D eigenvalue weighted by Crippen LogP contribution is 2.44. The minimum absolute atomic E-state index is 0. The Morgan fingerprint density at radius 1 is 0.579 bits per heavy atom. The quantitative estimate of drug-likeness (QED) is 0.222. The van der Waals surface area contributed by atoms with Gasteiger partial charge in [-0.25, -0.2) is 4.98 Å². The van der Waals surface area contributed by atoms with Crippen molar-refractivity contribution in [1.29, 1.82) is 0 Å². The van der Waals surface area contributed by atoms with Crippen molar-refractivity contribution in [2.24, 2.45) is 11.8 Å². The van der Waals surface area contributed by atoms with Gasteiger partial charge < -0.3 is 0 Å². The van der Waals surface area contributed by atoms with E-state index in [-0.39, 0.29) is 18.3 Å². The zero-order valence-electron chi connectivity index (χ0n) is 37.1. The number of benzene rings is 2. The molecule has 1 heteroatoms. The zero-order valence-corrected chi connectivity index (χ0v) is 37.1. The Hall–Kier alpha value is -4.49. The van der Waals surface area contributed by atoms with E-state index < -0.39 is 0 Å². The second-order valence-corrected chi connectivity index (χ2v) is 17.5. The largest absolute Gasteiger partial charge is 0.211 e. The molecule has 2 heterocycles. The number of fused-ring (bicyclic) bond motifs is 4. The zero-order chi connectivity index (χ0) is 41.2. The van der Waals surface area contributed by atoms with Crippen molar-refractivity contribution in [1.82, 2.24) is 0 Å². The standard InChI is InChI=1S/C51H59N.2C2H6.CH4/c1-11-13-15-18-42-46-32-38(50(5,6)7)30-44(36-24-22-34(3)28-36)40(46)26-27-41-45(37-25-23-35(4)29-37)31-39(51(8,9)10)33-47(41)43(19-16-14-12-2)49-21-17-20-48(42)52-49;2*1-2;/h11-21,24-25,30-35H,1-2,22-23,26-29H2,3-10H3;2*1-2H3;1H4/p+1/b15-13-,16-14-,42-18-,43-19-;;;. The molecular formula is C56H76N+. The fraction of sp³-hybridized carbons (Fsp3) is 0.411. The van der Waals surface area contributed by atoms with Gasteiger partial charge in [0.1, 0.15) is 0 Å². The van der Waals surface area contributed by atoms with Gasteiger partial charge in [-0.05, 0) is 135 Å². The molecule has 2 bridgehead atoms. The number of nitrogens with one attached hydrogen (secondary N) is 1. The Balaban J connectivity index is 0.00000169. The van der Waals surface area contributed by atoms with Crippen LogP contribution in [0, 0.1) is 11.8 Å². The maximum absolute atomic E-state index is 4.00. The molecule has 1 aliphatic heterocycles. The summed E-state index contributed by atoms with van der Waals surface area (Å²) in [7, 11) is 0. The van der Waals surface area contributed by atoms with Crippen LogP contribution in [0.1, 0.15) is 172 Å². The van der Waals surface area contributed by atoms with E-state index >= 15 is 0 Å². The molecule has 2 unspecified atom stereocenters. The number of aromatic amines is 1. The van der Waals surface area contributed by atoms with Crippen LogP contribution in [-0.4, -0.2) is 0 Å². The number of pyridine rings is 1. The summed E-state index contributed by atoms with van der Waals surface area (Å²) in [6, 6.07) is 16.8. The maximum Gasteiger partial charge on any atom is 0.211 e. The van der Waals surface area contributed by atoms with E-state index in [1.165, 1.54) is 66.8 Å². The molecule has 1 nitrogen and oxygen atoms in total. The Bertz CT molecular complexity index is 1910. The molecule has 1 aromatic heterocycles. The Labute approximate surface area is 349 Å². The predicted molar refractivity (Wildman–Crippen MR) is 256 cm³/mol. The number of H-pyrrole nitrogens is 1. The summed E-state index contributed by atoms with van der Waals surface area (Å²) < 4.78 is 0. The van der Waals surface area contributed by atoms with E-state index in [4.69, 9.17) is 0 Å². The first kappa shape index (κ1) is 46.9. The van der Waals surface area contributed by atoms with Crippen LogP contribution >= 0.6 is 0 Å². The van der Waals surface area contributed by atoms with Crippen LogP contribution in [0.4, 0.5) is 0 Å². The maximum atomic E-state index is 4.00. The molecule has 3 aromatic rings. The number of allylic oxidation sites excluding steroid dienone is 12. The van der Waals surface area contributed by atoms with E-state index in [2.05, 4.69) is 152 Å². The average Bonchev–Trinajstić information content (AvgIpc) is 3.82. The van der Waals surface area contributed by atoms with Crippen LogP contribution in [-0.2, 0) is 23.7 Å². The highest BCUT2D eigenvalue weighted by molar-refractivity contribution is 5.87. The fourth-order valence-electron chi connectivity index (χ4n) is 8.16. The lowest BCUT2D eigenvalue weighted by atomic mass is 9.77. The first-order valence-electron chi connectivity index (χ1n) is 21.5. The van der Waals surface area contributed by atoms with Gasteiger partial charge in [-0.1, -0.05) is 177 Å². The number of hydrogen-bond acceptors (Lipinski definition) is 0. The molecular weight excluding hydrogens is 687 g/mol. The number of rotatable bonds is 6. The van der Waals surface area contributed by atoms with Gasteiger partial charge in [-0.3, -0.25) is 0 Å². The summed E-state index contributed by atoms with van der Waals surface area (Å²) in [6.45, 7) is 34.9. The molecule has 0 amide bonds. The Morgan fingerprint density at radius 2 is 0.947 bits per heavy atom. The van der Waals surface area contributed by atoms with Gasteiger partial charge in [0.05, 0.1) is 11.1 Å². The van der Waals surface area contributed by atoms with Gasteiger partial charge in [-0.15, -0.1) is 0 Å². The highest BCUT2D eigenvalue weighted by atomic mass is 14.7. The van der Waals surface area contributed by atoms with Crippen molar-refractivity contribution in [3.8, 4) is 0 Å². The molecule has 0 saturated heterocycles. The topological polar surface area (TPSA) is 14.1 Å². The lowest BCUT2D eigenvalue weighted by Crippen LogP contribution is -2.19. The van der Waals surface area contributed by atoms with Gasteiger partial charge in [-0.2, -0.15) is 0 Å². The van der Waals surface area contributed by atoms with Crippen molar-refractivity contribution < 1.29 is 4.98 Å². The number of hydrogen-bond donors (Lipinski definition) is 0. The molecule has 57 heavy (non-hydrogen) atoms. The van der Waals surface area contributed by atoms with Crippen molar-refractivity contribution in [3.05, 3.63) is 172 Å². The Morgan fingerprint density at radius 3 is 1.26 bits per heavy atom. The summed E-state index contributed by atoms with van der Waals surface area (Å²) in [5, 5.41) is 0. The summed E-state index contributed by atoms with van der Waals surface area (Å²) >= 11 is 0. The summed E-state index contributed by atoms with van der Waals surface area (Å²) in [5.41, 5.74) is 18.8. The van der Waals surface area contributed by atoms with E-state index in [1.54, 1.807) is 0 Å². The molecule has 2 aromatic carbocycles. The average molecular weight is 763 g/mol. The SMILES string of the molecule is C.C=C/C=C\C=C1/c2cccc([nH+]2)/C(=C\C=C/C=C)c2cc(C(C)(C)C)cc(C3=CCC(C)C3)c2CCc2c(C3=CCC(C)C3)cc(C(C)(C)C)cc21.CC.CC. The van der Waals surface area contributed by atoms with Gasteiger partial charge >= 0.3 is 0 Å². The van der Waals surface area contributed by atoms with Crippen LogP contribution in [0.3, 0.4) is 0 Å². The third kappa shape index (κ3) is 11.1. The second kappa shape index (κ2) is 20.8. The second-order valence-electron chi connectivity index (χ2n) is 17.5. The first-order chi connectivity index (χ1) is 26.8. The molecule has 2 aliphatic carbocycles. The number of aromatic nitrogens is 1. The van der Waals surface area contributed by atoms with Crippen molar-refractivity contribution in [2.75, 3.05) is 0 Å². The molecule has 0 spiro atoms. The van der Waals surface area contributed by atoms with Crippen LogP contribution < -0.4 is 4.98 Å². The van der Waals surface area contributed by atoms with E-state index in [0.717, 1.165) is 49.9 Å². The minimum atomic E-state index is -0.00342. The summed E-state index contributed by atoms with van der Waals surface area (Å²) in [5.74, 6) is 1.33. The van der Waals surface area contributed by atoms with Crippen LogP contribution in [0.2, 0.25) is 0 Å². The van der Waals surface area contributed by atoms with Gasteiger partial charge in [0.15, 0.2) is 0 Å². The predicted octanol–water partition coefficient (Wildman–Crippen LogP) is 15.9. The molecule has 0 fully saturated rings. The lowest BCUT2D eigenvalue weighted by Gasteiger charge is -2.27. The highest BCUT2D eigenvalue weighted by Gasteiger charge is 2.30. The normalized spacial score (nSPS) is 19.3. The summed E-state index contributed by atoms with van der Waals surface area (Å²) in [4.78, 5) is 4.00. The van der Waals surface area contributed by atoms with Crippen LogP contribution in [0.15, 0.2) is 116 Å². The van der Waals surface area contributed by atoms with Gasteiger partial charge in [0.2, 0.25) is 11.4 Å². The fourth-order valence-corrected chi connectivity index (χ4v) is 8.16. The first-order valence-corrected chi connectivity index (χ1v) is 21.5. The van der Waals surface area contributed by atoms with Crippen LogP contribution in [0.25, 0.3) is 22.3 Å². The van der Waals surface area contributed by atoms with Crippen molar-refractivity contribution >= 4 is 22.3 Å². The minimum Gasteiger partial charge on any atom is -0.204 e. The molecule has 1 N–H and O–H groups in total. The monoisotopic (exact) mass is 763 g/mol. The molecule has 0 radical (unpaired) electrons. The van der Waals surface area contributed by atoms with Crippen LogP contribution in [0.5, 0.6) is 0 Å². The summed E-state index contributed by atoms with van der Waals surface area (Å²) in [6.07, 6.45) is 28.2. The van der Waals surface area contributed by atoms with Gasteiger partial charge in [0.25, 0.3) is 0 Å². The van der Waals surface area contributed by atoms with E-state index in [0.29, 0.717) is 11.8 Å². The third-order valence-electron chi connectivity index (χ3n) is 11.2. The molecule has 0 saturated carbocycles. The molecule has 3 aliphatic rings. The third-order valence-corrected chi connectivity index (χ3v) is 11.2. The van der Waals surface area contributed by atoms with E-state index in [9.17, 15) is 0 Å². The molecule has 6 rings (SSSR count). The Kier molecular flexibility index (Phi) is 17.1. The molecule has 304 valence electrons. The van der Waals surface area contributed by atoms with Crippen molar-refractivity contribution in [3.63, 3.8) is 0 Å². The van der Waals surface area contributed by atoms with E-state index in [1.807, 2.05) is 52.0 Å². The van der Waals surface area contributed by atoms with Gasteiger partial charge in [0, 0.05) is 12.1 Å².